The van der Waals surface area contributed by atoms with Crippen LogP contribution < -0.4 is 15.0 Å². The number of hydrogen-bond donors (Lipinski definition) is 1. The van der Waals surface area contributed by atoms with E-state index in [1.165, 1.54) is 19.3 Å². The summed E-state index contributed by atoms with van der Waals surface area (Å²) in [6.45, 7) is 5.54. The lowest BCUT2D eigenvalue weighted by atomic mass is 10.1. The minimum atomic E-state index is -1.02. The Morgan fingerprint density at radius 3 is 2.41 bits per heavy atom. The zero-order valence-corrected chi connectivity index (χ0v) is 17.9. The topological polar surface area (TPSA) is 41.6 Å². The highest BCUT2D eigenvalue weighted by Crippen LogP contribution is 2.31. The minimum absolute atomic E-state index is 0.229. The zero-order chi connectivity index (χ0) is 19.4. The standard InChI is InChI=1S/C21H24BrClN2O2/c1-21(2,27-17-9-6-15(22)7-10-17)20(26)24-16-8-11-19(18(23)14-16)25-12-4-3-5-13-25/h6-11,14H,3-5,12-13H2,1-2H3,(H,24,26). The van der Waals surface area contributed by atoms with Gasteiger partial charge in [0.1, 0.15) is 5.75 Å². The number of rotatable bonds is 5. The third-order valence-electron chi connectivity index (χ3n) is 4.64. The fourth-order valence-electron chi connectivity index (χ4n) is 3.10. The highest BCUT2D eigenvalue weighted by molar-refractivity contribution is 9.10. The van der Waals surface area contributed by atoms with Gasteiger partial charge < -0.3 is 15.0 Å². The number of carbonyl (C=O) groups excluding carboxylic acids is 1. The number of carbonyl (C=O) groups is 1. The lowest BCUT2D eigenvalue weighted by Gasteiger charge is -2.30. The van der Waals surface area contributed by atoms with Crippen LogP contribution in [0.3, 0.4) is 0 Å². The normalized spacial score (nSPS) is 14.7. The number of halogens is 2. The summed E-state index contributed by atoms with van der Waals surface area (Å²) in [5.41, 5.74) is 0.671. The summed E-state index contributed by atoms with van der Waals surface area (Å²) in [6.07, 6.45) is 3.66. The summed E-state index contributed by atoms with van der Waals surface area (Å²) < 4.78 is 6.82. The Kier molecular flexibility index (Phi) is 6.33. The molecule has 0 saturated carbocycles. The highest BCUT2D eigenvalue weighted by Gasteiger charge is 2.30. The van der Waals surface area contributed by atoms with Crippen molar-refractivity contribution >= 4 is 44.8 Å². The first-order valence-corrected chi connectivity index (χ1v) is 10.3. The Labute approximate surface area is 174 Å². The zero-order valence-electron chi connectivity index (χ0n) is 15.6. The largest absolute Gasteiger partial charge is 0.478 e. The van der Waals surface area contributed by atoms with Gasteiger partial charge in [-0.1, -0.05) is 27.5 Å². The molecule has 0 aromatic heterocycles. The van der Waals surface area contributed by atoms with E-state index in [2.05, 4.69) is 26.1 Å². The van der Waals surface area contributed by atoms with Gasteiger partial charge >= 0.3 is 0 Å². The van der Waals surface area contributed by atoms with Gasteiger partial charge in [-0.3, -0.25) is 4.79 Å². The van der Waals surface area contributed by atoms with Crippen LogP contribution in [0.4, 0.5) is 11.4 Å². The predicted octanol–water partition coefficient (Wildman–Crippen LogP) is 5.89. The maximum absolute atomic E-state index is 12.7. The summed E-state index contributed by atoms with van der Waals surface area (Å²) in [5.74, 6) is 0.407. The molecule has 3 rings (SSSR count). The van der Waals surface area contributed by atoms with E-state index in [4.69, 9.17) is 16.3 Å². The molecule has 2 aromatic carbocycles. The molecule has 1 N–H and O–H groups in total. The Balaban J connectivity index is 1.67. The monoisotopic (exact) mass is 450 g/mol. The number of nitrogens with zero attached hydrogens (tertiary/aromatic N) is 1. The van der Waals surface area contributed by atoms with Gasteiger partial charge in [0, 0.05) is 23.2 Å². The van der Waals surface area contributed by atoms with E-state index < -0.39 is 5.60 Å². The van der Waals surface area contributed by atoms with Crippen LogP contribution >= 0.6 is 27.5 Å². The molecule has 1 amide bonds. The van der Waals surface area contributed by atoms with Gasteiger partial charge in [-0.05, 0) is 75.6 Å². The predicted molar refractivity (Wildman–Crippen MR) is 115 cm³/mol. The molecule has 1 heterocycles. The number of piperidine rings is 1. The molecule has 27 heavy (non-hydrogen) atoms. The van der Waals surface area contributed by atoms with Gasteiger partial charge in [0.05, 0.1) is 10.7 Å². The van der Waals surface area contributed by atoms with Crippen molar-refractivity contribution in [2.24, 2.45) is 0 Å². The van der Waals surface area contributed by atoms with Crippen molar-refractivity contribution in [3.05, 3.63) is 52.0 Å². The molecule has 144 valence electrons. The summed E-state index contributed by atoms with van der Waals surface area (Å²) in [5, 5.41) is 3.56. The van der Waals surface area contributed by atoms with Crippen LogP contribution in [0.25, 0.3) is 0 Å². The lowest BCUT2D eigenvalue weighted by Crippen LogP contribution is -2.42. The second kappa shape index (κ2) is 8.53. The van der Waals surface area contributed by atoms with Crippen molar-refractivity contribution in [3.63, 3.8) is 0 Å². The van der Waals surface area contributed by atoms with Crippen molar-refractivity contribution in [3.8, 4) is 5.75 Å². The molecule has 0 radical (unpaired) electrons. The highest BCUT2D eigenvalue weighted by atomic mass is 79.9. The lowest BCUT2D eigenvalue weighted by molar-refractivity contribution is -0.128. The number of hydrogen-bond acceptors (Lipinski definition) is 3. The number of anilines is 2. The van der Waals surface area contributed by atoms with E-state index in [0.29, 0.717) is 16.5 Å². The molecule has 0 atom stereocenters. The molecule has 0 bridgehead atoms. The quantitative estimate of drug-likeness (QED) is 0.616. The Bertz CT molecular complexity index is 802. The molecule has 1 saturated heterocycles. The molecule has 0 spiro atoms. The summed E-state index contributed by atoms with van der Waals surface area (Å²) >= 11 is 9.87. The minimum Gasteiger partial charge on any atom is -0.478 e. The number of benzene rings is 2. The molecule has 6 heteroatoms. The van der Waals surface area contributed by atoms with Crippen LogP contribution in [-0.2, 0) is 4.79 Å². The van der Waals surface area contributed by atoms with Gasteiger partial charge in [0.25, 0.3) is 5.91 Å². The molecule has 0 aliphatic carbocycles. The van der Waals surface area contributed by atoms with Crippen LogP contribution in [0.15, 0.2) is 46.9 Å². The van der Waals surface area contributed by atoms with Crippen LogP contribution in [0.1, 0.15) is 33.1 Å². The van der Waals surface area contributed by atoms with Crippen molar-refractivity contribution in [1.29, 1.82) is 0 Å². The average molecular weight is 452 g/mol. The fourth-order valence-corrected chi connectivity index (χ4v) is 3.67. The van der Waals surface area contributed by atoms with Crippen molar-refractivity contribution in [2.45, 2.75) is 38.7 Å². The number of ether oxygens (including phenoxy) is 1. The first-order chi connectivity index (χ1) is 12.8. The molecule has 1 aliphatic heterocycles. The Morgan fingerprint density at radius 2 is 1.78 bits per heavy atom. The van der Waals surface area contributed by atoms with Gasteiger partial charge in [-0.2, -0.15) is 0 Å². The number of amides is 1. The summed E-state index contributed by atoms with van der Waals surface area (Å²) in [4.78, 5) is 15.0. The molecule has 0 unspecified atom stereocenters. The van der Waals surface area contributed by atoms with Crippen molar-refractivity contribution < 1.29 is 9.53 Å². The summed E-state index contributed by atoms with van der Waals surface area (Å²) in [7, 11) is 0. The van der Waals surface area contributed by atoms with Crippen molar-refractivity contribution in [1.82, 2.24) is 0 Å². The maximum Gasteiger partial charge on any atom is 0.267 e. The molecule has 1 fully saturated rings. The van der Waals surface area contributed by atoms with Crippen molar-refractivity contribution in [2.75, 3.05) is 23.3 Å². The molecule has 4 nitrogen and oxygen atoms in total. The van der Waals surface area contributed by atoms with E-state index in [9.17, 15) is 4.79 Å². The second-order valence-electron chi connectivity index (χ2n) is 7.23. The van der Waals surface area contributed by atoms with Crippen LogP contribution in [0, 0.1) is 0 Å². The van der Waals surface area contributed by atoms with Gasteiger partial charge in [-0.25, -0.2) is 0 Å². The van der Waals surface area contributed by atoms with E-state index in [-0.39, 0.29) is 5.91 Å². The van der Waals surface area contributed by atoms with E-state index in [1.807, 2.05) is 36.4 Å². The van der Waals surface area contributed by atoms with Gasteiger partial charge in [0.2, 0.25) is 0 Å². The molecule has 1 aliphatic rings. The molecular formula is C21H24BrClN2O2. The van der Waals surface area contributed by atoms with Gasteiger partial charge in [-0.15, -0.1) is 0 Å². The first kappa shape index (κ1) is 20.0. The van der Waals surface area contributed by atoms with Crippen LogP contribution in [-0.4, -0.2) is 24.6 Å². The molecular weight excluding hydrogens is 428 g/mol. The first-order valence-electron chi connectivity index (χ1n) is 9.16. The van der Waals surface area contributed by atoms with Gasteiger partial charge in [0.15, 0.2) is 5.60 Å². The smallest absolute Gasteiger partial charge is 0.267 e. The Hall–Kier alpha value is -1.72. The Morgan fingerprint density at radius 1 is 1.11 bits per heavy atom. The van der Waals surface area contributed by atoms with E-state index >= 15 is 0 Å². The van der Waals surface area contributed by atoms with Crippen LogP contribution in [0.5, 0.6) is 5.75 Å². The second-order valence-corrected chi connectivity index (χ2v) is 8.56. The van der Waals surface area contributed by atoms with E-state index in [1.54, 1.807) is 19.9 Å². The number of nitrogens with one attached hydrogen (secondary N) is 1. The van der Waals surface area contributed by atoms with Crippen LogP contribution in [0.2, 0.25) is 5.02 Å². The fraction of sp³-hybridized carbons (Fsp3) is 0.381. The third-order valence-corrected chi connectivity index (χ3v) is 5.47. The maximum atomic E-state index is 12.7. The SMILES string of the molecule is CC(C)(Oc1ccc(Br)cc1)C(=O)Nc1ccc(N2CCCCC2)c(Cl)c1. The summed E-state index contributed by atoms with van der Waals surface area (Å²) in [6, 6.07) is 13.1. The molecule has 2 aromatic rings. The third kappa shape index (κ3) is 5.17. The van der Waals surface area contributed by atoms with E-state index in [0.717, 1.165) is 23.2 Å². The average Bonchev–Trinajstić information content (AvgIpc) is 2.64.